The highest BCUT2D eigenvalue weighted by Gasteiger charge is 2.30. The van der Waals surface area contributed by atoms with Crippen LogP contribution in [0.1, 0.15) is 29.2 Å². The van der Waals surface area contributed by atoms with Gasteiger partial charge in [0.05, 0.1) is 6.61 Å². The minimum absolute atomic E-state index is 0.0576. The molecule has 112 valence electrons. The second-order valence-electron chi connectivity index (χ2n) is 5.86. The van der Waals surface area contributed by atoms with Crippen LogP contribution in [0.25, 0.3) is 0 Å². The maximum absolute atomic E-state index is 9.98. The highest BCUT2D eigenvalue weighted by molar-refractivity contribution is 5.33. The predicted octanol–water partition coefficient (Wildman–Crippen LogP) is 2.99. The zero-order valence-electron chi connectivity index (χ0n) is 13.0. The molecule has 2 nitrogen and oxygen atoms in total. The van der Waals surface area contributed by atoms with Crippen molar-refractivity contribution in [3.05, 3.63) is 70.8 Å². The SMILES string of the molecule is CCc1ccc(CC(CN)(CO)c2ccc(C)cc2)cc1. The predicted molar refractivity (Wildman–Crippen MR) is 88.5 cm³/mol. The number of nitrogens with two attached hydrogens (primary N) is 1. The van der Waals surface area contributed by atoms with Crippen LogP contribution in [0.3, 0.4) is 0 Å². The van der Waals surface area contributed by atoms with Gasteiger partial charge >= 0.3 is 0 Å². The van der Waals surface area contributed by atoms with E-state index in [9.17, 15) is 5.11 Å². The van der Waals surface area contributed by atoms with E-state index in [0.717, 1.165) is 18.4 Å². The Morgan fingerprint density at radius 3 is 2.00 bits per heavy atom. The van der Waals surface area contributed by atoms with Crippen molar-refractivity contribution >= 4 is 0 Å². The third-order valence-electron chi connectivity index (χ3n) is 4.33. The number of aryl methyl sites for hydroxylation is 2. The van der Waals surface area contributed by atoms with Crippen molar-refractivity contribution in [2.24, 2.45) is 5.73 Å². The van der Waals surface area contributed by atoms with E-state index in [2.05, 4.69) is 62.4 Å². The monoisotopic (exact) mass is 283 g/mol. The van der Waals surface area contributed by atoms with Crippen molar-refractivity contribution < 1.29 is 5.11 Å². The maximum Gasteiger partial charge on any atom is 0.0543 e. The van der Waals surface area contributed by atoms with E-state index in [1.165, 1.54) is 16.7 Å². The number of hydrogen-bond donors (Lipinski definition) is 2. The molecule has 0 aliphatic rings. The van der Waals surface area contributed by atoms with Crippen molar-refractivity contribution in [2.75, 3.05) is 13.2 Å². The van der Waals surface area contributed by atoms with E-state index in [1.54, 1.807) is 0 Å². The van der Waals surface area contributed by atoms with Crippen molar-refractivity contribution in [3.8, 4) is 0 Å². The van der Waals surface area contributed by atoms with Crippen LogP contribution in [-0.2, 0) is 18.3 Å². The van der Waals surface area contributed by atoms with Gasteiger partial charge in [0.25, 0.3) is 0 Å². The van der Waals surface area contributed by atoms with Gasteiger partial charge in [0, 0.05) is 12.0 Å². The quantitative estimate of drug-likeness (QED) is 0.856. The Kier molecular flexibility index (Phi) is 5.16. The van der Waals surface area contributed by atoms with Gasteiger partial charge in [-0.05, 0) is 36.5 Å². The molecule has 2 heteroatoms. The summed E-state index contributed by atoms with van der Waals surface area (Å²) in [6, 6.07) is 16.9. The van der Waals surface area contributed by atoms with Crippen LogP contribution < -0.4 is 5.73 Å². The summed E-state index contributed by atoms with van der Waals surface area (Å²) in [5.41, 5.74) is 10.5. The smallest absolute Gasteiger partial charge is 0.0543 e. The van der Waals surface area contributed by atoms with Crippen LogP contribution in [0.2, 0.25) is 0 Å². The Labute approximate surface area is 127 Å². The summed E-state index contributed by atoms with van der Waals surface area (Å²) in [6.45, 7) is 4.71. The van der Waals surface area contributed by atoms with Gasteiger partial charge < -0.3 is 10.8 Å². The molecule has 0 aliphatic carbocycles. The molecule has 0 spiro atoms. The molecule has 0 aromatic heterocycles. The number of aliphatic hydroxyl groups excluding tert-OH is 1. The summed E-state index contributed by atoms with van der Waals surface area (Å²) in [4.78, 5) is 0. The number of aliphatic hydroxyl groups is 1. The second-order valence-corrected chi connectivity index (χ2v) is 5.86. The highest BCUT2D eigenvalue weighted by Crippen LogP contribution is 2.28. The summed E-state index contributed by atoms with van der Waals surface area (Å²) < 4.78 is 0. The maximum atomic E-state index is 9.98. The summed E-state index contributed by atoms with van der Waals surface area (Å²) in [7, 11) is 0. The van der Waals surface area contributed by atoms with Crippen molar-refractivity contribution in [2.45, 2.75) is 32.1 Å². The van der Waals surface area contributed by atoms with Crippen LogP contribution in [0.4, 0.5) is 0 Å². The fourth-order valence-electron chi connectivity index (χ4n) is 2.69. The molecule has 0 amide bonds. The first kappa shape index (κ1) is 15.7. The molecular formula is C19H25NO. The first-order chi connectivity index (χ1) is 10.1. The fraction of sp³-hybridized carbons (Fsp3) is 0.368. The van der Waals surface area contributed by atoms with Crippen molar-refractivity contribution in [1.82, 2.24) is 0 Å². The molecule has 0 saturated heterocycles. The van der Waals surface area contributed by atoms with Gasteiger partial charge in [0.1, 0.15) is 0 Å². The molecule has 0 fully saturated rings. The molecule has 1 unspecified atom stereocenters. The van der Waals surface area contributed by atoms with Crippen LogP contribution in [0.5, 0.6) is 0 Å². The Balaban J connectivity index is 2.30. The van der Waals surface area contributed by atoms with Crippen LogP contribution in [0, 0.1) is 6.92 Å². The van der Waals surface area contributed by atoms with Crippen molar-refractivity contribution in [3.63, 3.8) is 0 Å². The lowest BCUT2D eigenvalue weighted by atomic mass is 9.76. The van der Waals surface area contributed by atoms with E-state index in [4.69, 9.17) is 5.73 Å². The molecule has 0 saturated carbocycles. The Morgan fingerprint density at radius 1 is 0.952 bits per heavy atom. The Bertz CT molecular complexity index is 553. The summed E-state index contributed by atoms with van der Waals surface area (Å²) in [6.07, 6.45) is 1.80. The standard InChI is InChI=1S/C19H25NO/c1-3-16-6-8-17(9-7-16)12-19(13-20,14-21)18-10-4-15(2)5-11-18/h4-11,21H,3,12-14,20H2,1-2H3. The zero-order chi connectivity index (χ0) is 15.3. The third kappa shape index (κ3) is 3.52. The number of rotatable bonds is 6. The van der Waals surface area contributed by atoms with E-state index < -0.39 is 5.41 Å². The molecule has 1 atom stereocenters. The summed E-state index contributed by atoms with van der Waals surface area (Å²) in [5.74, 6) is 0. The normalized spacial score (nSPS) is 13.9. The molecule has 0 aliphatic heterocycles. The fourth-order valence-corrected chi connectivity index (χ4v) is 2.69. The zero-order valence-corrected chi connectivity index (χ0v) is 13.0. The van der Waals surface area contributed by atoms with Crippen LogP contribution >= 0.6 is 0 Å². The Morgan fingerprint density at radius 2 is 1.52 bits per heavy atom. The first-order valence-electron chi connectivity index (χ1n) is 7.59. The molecule has 0 heterocycles. The number of hydrogen-bond acceptors (Lipinski definition) is 2. The molecule has 2 aromatic carbocycles. The minimum Gasteiger partial charge on any atom is -0.395 e. The highest BCUT2D eigenvalue weighted by atomic mass is 16.3. The molecule has 2 aromatic rings. The number of benzene rings is 2. The Hall–Kier alpha value is -1.64. The van der Waals surface area contributed by atoms with Crippen molar-refractivity contribution in [1.29, 1.82) is 0 Å². The largest absolute Gasteiger partial charge is 0.395 e. The van der Waals surface area contributed by atoms with E-state index in [0.29, 0.717) is 6.54 Å². The van der Waals surface area contributed by atoms with E-state index in [1.807, 2.05) is 0 Å². The molecule has 21 heavy (non-hydrogen) atoms. The lowest BCUT2D eigenvalue weighted by Crippen LogP contribution is -2.41. The topological polar surface area (TPSA) is 46.2 Å². The minimum atomic E-state index is -0.401. The summed E-state index contributed by atoms with van der Waals surface area (Å²) >= 11 is 0. The molecule has 0 radical (unpaired) electrons. The molecule has 0 bridgehead atoms. The van der Waals surface area contributed by atoms with E-state index >= 15 is 0 Å². The van der Waals surface area contributed by atoms with Gasteiger partial charge in [-0.1, -0.05) is 61.0 Å². The third-order valence-corrected chi connectivity index (χ3v) is 4.33. The second kappa shape index (κ2) is 6.88. The van der Waals surface area contributed by atoms with E-state index in [-0.39, 0.29) is 6.61 Å². The van der Waals surface area contributed by atoms with Gasteiger partial charge in [-0.2, -0.15) is 0 Å². The molecule has 2 rings (SSSR count). The average molecular weight is 283 g/mol. The average Bonchev–Trinajstić information content (AvgIpc) is 2.54. The van der Waals surface area contributed by atoms with Gasteiger partial charge in [-0.15, -0.1) is 0 Å². The van der Waals surface area contributed by atoms with Gasteiger partial charge in [-0.25, -0.2) is 0 Å². The molecule has 3 N–H and O–H groups in total. The van der Waals surface area contributed by atoms with Crippen LogP contribution in [-0.4, -0.2) is 18.3 Å². The van der Waals surface area contributed by atoms with Gasteiger partial charge in [0.2, 0.25) is 0 Å². The van der Waals surface area contributed by atoms with Gasteiger partial charge in [0.15, 0.2) is 0 Å². The van der Waals surface area contributed by atoms with Crippen LogP contribution in [0.15, 0.2) is 48.5 Å². The first-order valence-corrected chi connectivity index (χ1v) is 7.59. The lowest BCUT2D eigenvalue weighted by Gasteiger charge is -2.31. The lowest BCUT2D eigenvalue weighted by molar-refractivity contribution is 0.196. The summed E-state index contributed by atoms with van der Waals surface area (Å²) in [5, 5.41) is 9.98. The molecular weight excluding hydrogens is 258 g/mol. The van der Waals surface area contributed by atoms with Gasteiger partial charge in [-0.3, -0.25) is 0 Å².